The highest BCUT2D eigenvalue weighted by atomic mass is 16.5. The Morgan fingerprint density at radius 1 is 1.21 bits per heavy atom. The maximum atomic E-state index is 5.65. The van der Waals surface area contributed by atoms with Crippen molar-refractivity contribution in [2.75, 3.05) is 13.1 Å². The van der Waals surface area contributed by atoms with E-state index in [9.17, 15) is 0 Å². The van der Waals surface area contributed by atoms with E-state index in [4.69, 9.17) is 4.74 Å². The topological polar surface area (TPSA) is 21.3 Å². The summed E-state index contributed by atoms with van der Waals surface area (Å²) in [5.41, 5.74) is 2.68. The van der Waals surface area contributed by atoms with Crippen molar-refractivity contribution in [2.24, 2.45) is 0 Å². The van der Waals surface area contributed by atoms with Gasteiger partial charge in [-0.25, -0.2) is 0 Å². The summed E-state index contributed by atoms with van der Waals surface area (Å²) in [7, 11) is 0. The lowest BCUT2D eigenvalue weighted by molar-refractivity contribution is 0.242. The number of hydrogen-bond donors (Lipinski definition) is 1. The summed E-state index contributed by atoms with van der Waals surface area (Å²) in [6, 6.07) is 8.32. The van der Waals surface area contributed by atoms with Crippen LogP contribution in [0.2, 0.25) is 0 Å². The molecule has 0 heterocycles. The summed E-state index contributed by atoms with van der Waals surface area (Å²) in [5, 5.41) is 3.45. The first-order valence-electron chi connectivity index (χ1n) is 7.32. The third kappa shape index (κ3) is 6.44. The van der Waals surface area contributed by atoms with E-state index in [1.165, 1.54) is 17.6 Å². The van der Waals surface area contributed by atoms with Gasteiger partial charge in [-0.05, 0) is 50.9 Å². The van der Waals surface area contributed by atoms with Crippen LogP contribution in [0.25, 0.3) is 6.08 Å². The molecule has 0 unspecified atom stereocenters. The molecule has 0 saturated heterocycles. The molecule has 0 spiro atoms. The fraction of sp³-hybridized carbons (Fsp3) is 0.529. The Bertz CT molecular complexity index is 379. The van der Waals surface area contributed by atoms with Gasteiger partial charge in [0.2, 0.25) is 0 Å². The molecule has 0 bridgehead atoms. The number of hydrogen-bond acceptors (Lipinski definition) is 2. The summed E-state index contributed by atoms with van der Waals surface area (Å²) in [4.78, 5) is 0. The van der Waals surface area contributed by atoms with Gasteiger partial charge >= 0.3 is 0 Å². The number of ether oxygens (including phenoxy) is 1. The average Bonchev–Trinajstić information content (AvgIpc) is 2.39. The van der Waals surface area contributed by atoms with E-state index in [1.807, 2.05) is 26.0 Å². The first-order chi connectivity index (χ1) is 9.15. The van der Waals surface area contributed by atoms with E-state index < -0.39 is 0 Å². The fourth-order valence-electron chi connectivity index (χ4n) is 1.85. The van der Waals surface area contributed by atoms with Gasteiger partial charge in [0, 0.05) is 6.54 Å². The van der Waals surface area contributed by atoms with Gasteiger partial charge in [0.05, 0.1) is 6.10 Å². The molecule has 0 saturated carbocycles. The molecule has 19 heavy (non-hydrogen) atoms. The van der Waals surface area contributed by atoms with E-state index in [1.54, 1.807) is 0 Å². The minimum atomic E-state index is 0.228. The van der Waals surface area contributed by atoms with Gasteiger partial charge in [-0.15, -0.1) is 0 Å². The number of nitrogens with one attached hydrogen (secondary N) is 1. The van der Waals surface area contributed by atoms with Crippen molar-refractivity contribution in [3.63, 3.8) is 0 Å². The van der Waals surface area contributed by atoms with Gasteiger partial charge in [-0.3, -0.25) is 0 Å². The van der Waals surface area contributed by atoms with Gasteiger partial charge in [0.15, 0.2) is 0 Å². The SMILES string of the molecule is CCCNCC(=Cc1ccc(OC(C)C)cc1)CC. The van der Waals surface area contributed by atoms with Crippen molar-refractivity contribution in [2.45, 2.75) is 46.6 Å². The van der Waals surface area contributed by atoms with Crippen molar-refractivity contribution in [1.29, 1.82) is 0 Å². The van der Waals surface area contributed by atoms with E-state index >= 15 is 0 Å². The Morgan fingerprint density at radius 3 is 2.42 bits per heavy atom. The Hall–Kier alpha value is -1.28. The molecule has 0 fully saturated rings. The van der Waals surface area contributed by atoms with Crippen LogP contribution < -0.4 is 10.1 Å². The molecule has 1 aromatic carbocycles. The highest BCUT2D eigenvalue weighted by molar-refractivity contribution is 5.54. The quantitative estimate of drug-likeness (QED) is 0.706. The number of rotatable bonds is 8. The van der Waals surface area contributed by atoms with E-state index in [0.29, 0.717) is 0 Å². The number of benzene rings is 1. The first-order valence-corrected chi connectivity index (χ1v) is 7.32. The van der Waals surface area contributed by atoms with Gasteiger partial charge in [0.1, 0.15) is 5.75 Å². The van der Waals surface area contributed by atoms with E-state index in [2.05, 4.69) is 37.4 Å². The summed E-state index contributed by atoms with van der Waals surface area (Å²) in [6.45, 7) is 10.5. The van der Waals surface area contributed by atoms with Crippen LogP contribution in [-0.4, -0.2) is 19.2 Å². The molecule has 1 aromatic rings. The second-order valence-electron chi connectivity index (χ2n) is 5.07. The van der Waals surface area contributed by atoms with Gasteiger partial charge in [-0.2, -0.15) is 0 Å². The molecule has 0 radical (unpaired) electrons. The van der Waals surface area contributed by atoms with Gasteiger partial charge < -0.3 is 10.1 Å². The second-order valence-corrected chi connectivity index (χ2v) is 5.07. The molecule has 0 aliphatic heterocycles. The zero-order valence-corrected chi connectivity index (χ0v) is 12.7. The van der Waals surface area contributed by atoms with Crippen LogP contribution in [0, 0.1) is 0 Å². The van der Waals surface area contributed by atoms with Crippen LogP contribution in [0.5, 0.6) is 5.75 Å². The molecule has 0 amide bonds. The smallest absolute Gasteiger partial charge is 0.119 e. The maximum absolute atomic E-state index is 5.65. The molecule has 2 nitrogen and oxygen atoms in total. The minimum Gasteiger partial charge on any atom is -0.491 e. The normalized spacial score (nSPS) is 11.9. The van der Waals surface area contributed by atoms with Crippen molar-refractivity contribution in [3.05, 3.63) is 35.4 Å². The molecule has 1 rings (SSSR count). The predicted octanol–water partition coefficient (Wildman–Crippen LogP) is 4.27. The molecule has 2 heteroatoms. The van der Waals surface area contributed by atoms with Crippen LogP contribution in [-0.2, 0) is 0 Å². The Labute approximate surface area is 117 Å². The van der Waals surface area contributed by atoms with Crippen molar-refractivity contribution < 1.29 is 4.74 Å². The second kappa shape index (κ2) is 8.76. The lowest BCUT2D eigenvalue weighted by Crippen LogP contribution is -2.17. The van der Waals surface area contributed by atoms with Crippen LogP contribution >= 0.6 is 0 Å². The molecule has 106 valence electrons. The van der Waals surface area contributed by atoms with Crippen molar-refractivity contribution in [1.82, 2.24) is 5.32 Å². The molecule has 0 aliphatic rings. The summed E-state index contributed by atoms with van der Waals surface area (Å²) in [6.07, 6.45) is 4.76. The molecule has 0 atom stereocenters. The zero-order chi connectivity index (χ0) is 14.1. The predicted molar refractivity (Wildman–Crippen MR) is 83.6 cm³/mol. The van der Waals surface area contributed by atoms with Crippen LogP contribution in [0.3, 0.4) is 0 Å². The third-order valence-corrected chi connectivity index (χ3v) is 2.86. The summed E-state index contributed by atoms with van der Waals surface area (Å²) in [5.74, 6) is 0.939. The van der Waals surface area contributed by atoms with Crippen LogP contribution in [0.15, 0.2) is 29.8 Å². The lowest BCUT2D eigenvalue weighted by Gasteiger charge is -2.10. The Balaban J connectivity index is 2.62. The standard InChI is InChI=1S/C17H27NO/c1-5-11-18-13-15(6-2)12-16-7-9-17(10-8-16)19-14(3)4/h7-10,12,14,18H,5-6,11,13H2,1-4H3. The van der Waals surface area contributed by atoms with Gasteiger partial charge in [-0.1, -0.05) is 37.6 Å². The Kier molecular flexibility index (Phi) is 7.27. The van der Waals surface area contributed by atoms with Crippen LogP contribution in [0.4, 0.5) is 0 Å². The van der Waals surface area contributed by atoms with Crippen molar-refractivity contribution in [3.8, 4) is 5.75 Å². The largest absolute Gasteiger partial charge is 0.491 e. The molecule has 1 N–H and O–H groups in total. The summed E-state index contributed by atoms with van der Waals surface area (Å²) < 4.78 is 5.65. The van der Waals surface area contributed by atoms with E-state index in [-0.39, 0.29) is 6.10 Å². The lowest BCUT2D eigenvalue weighted by atomic mass is 10.1. The maximum Gasteiger partial charge on any atom is 0.119 e. The fourth-order valence-corrected chi connectivity index (χ4v) is 1.85. The zero-order valence-electron chi connectivity index (χ0n) is 12.7. The molecular formula is C17H27NO. The molecular weight excluding hydrogens is 234 g/mol. The van der Waals surface area contributed by atoms with Crippen molar-refractivity contribution >= 4 is 6.08 Å². The monoisotopic (exact) mass is 261 g/mol. The minimum absolute atomic E-state index is 0.228. The first kappa shape index (κ1) is 15.8. The molecule has 0 aliphatic carbocycles. The van der Waals surface area contributed by atoms with E-state index in [0.717, 1.165) is 25.3 Å². The van der Waals surface area contributed by atoms with Gasteiger partial charge in [0.25, 0.3) is 0 Å². The summed E-state index contributed by atoms with van der Waals surface area (Å²) >= 11 is 0. The highest BCUT2D eigenvalue weighted by Crippen LogP contribution is 2.16. The molecule has 0 aromatic heterocycles. The Morgan fingerprint density at radius 2 is 1.89 bits per heavy atom. The third-order valence-electron chi connectivity index (χ3n) is 2.86. The van der Waals surface area contributed by atoms with Crippen LogP contribution in [0.1, 0.15) is 46.1 Å². The highest BCUT2D eigenvalue weighted by Gasteiger charge is 1.98. The average molecular weight is 261 g/mol.